The summed E-state index contributed by atoms with van der Waals surface area (Å²) in [5.41, 5.74) is 0.139. The van der Waals surface area contributed by atoms with Gasteiger partial charge in [-0.2, -0.15) is 13.2 Å². The van der Waals surface area contributed by atoms with Gasteiger partial charge in [-0.05, 0) is 37.3 Å². The second-order valence-corrected chi connectivity index (χ2v) is 6.04. The molecule has 1 heterocycles. The molecule has 0 aliphatic heterocycles. The van der Waals surface area contributed by atoms with E-state index >= 15 is 0 Å². The summed E-state index contributed by atoms with van der Waals surface area (Å²) in [6.07, 6.45) is -4.49. The molecule has 0 amide bonds. The molecule has 10 heteroatoms. The van der Waals surface area contributed by atoms with Gasteiger partial charge in [0.15, 0.2) is 0 Å². The highest BCUT2D eigenvalue weighted by molar-refractivity contribution is 6.32. The van der Waals surface area contributed by atoms with E-state index in [0.717, 1.165) is 18.2 Å². The maximum atomic E-state index is 12.7. The second-order valence-electron chi connectivity index (χ2n) is 5.63. The molecular formula is C17H13ClF3N3O3. The van der Waals surface area contributed by atoms with Crippen molar-refractivity contribution in [3.63, 3.8) is 0 Å². The molecule has 142 valence electrons. The summed E-state index contributed by atoms with van der Waals surface area (Å²) in [6, 6.07) is 6.89. The number of benzene rings is 2. The lowest BCUT2D eigenvalue weighted by Crippen LogP contribution is -2.18. The predicted octanol–water partition coefficient (Wildman–Crippen LogP) is 4.63. The molecule has 27 heavy (non-hydrogen) atoms. The van der Waals surface area contributed by atoms with E-state index in [0.29, 0.717) is 16.8 Å². The van der Waals surface area contributed by atoms with Crippen LogP contribution >= 0.6 is 11.6 Å². The molecule has 0 radical (unpaired) electrons. The van der Waals surface area contributed by atoms with Gasteiger partial charge in [0.2, 0.25) is 0 Å². The number of rotatable bonds is 4. The number of nitrogens with zero attached hydrogens (tertiary/aromatic N) is 3. The zero-order valence-corrected chi connectivity index (χ0v) is 14.9. The van der Waals surface area contributed by atoms with Gasteiger partial charge in [-0.3, -0.25) is 0 Å². The zero-order valence-electron chi connectivity index (χ0n) is 14.1. The van der Waals surface area contributed by atoms with Gasteiger partial charge in [0, 0.05) is 6.07 Å². The van der Waals surface area contributed by atoms with Gasteiger partial charge >= 0.3 is 12.1 Å². The van der Waals surface area contributed by atoms with Gasteiger partial charge in [0.05, 0.1) is 23.2 Å². The molecule has 1 aromatic heterocycles. The molecule has 0 bridgehead atoms. The molecule has 1 atom stereocenters. The van der Waals surface area contributed by atoms with E-state index in [2.05, 4.69) is 15.0 Å². The molecule has 0 N–H and O–H groups in total. The summed E-state index contributed by atoms with van der Waals surface area (Å²) >= 11 is 5.89. The van der Waals surface area contributed by atoms with Crippen molar-refractivity contribution < 1.29 is 27.4 Å². The molecule has 6 nitrogen and oxygen atoms in total. The molecule has 3 rings (SSSR count). The van der Waals surface area contributed by atoms with Gasteiger partial charge in [-0.1, -0.05) is 16.8 Å². The van der Waals surface area contributed by atoms with Crippen LogP contribution in [-0.2, 0) is 15.7 Å². The van der Waals surface area contributed by atoms with E-state index in [9.17, 15) is 18.0 Å². The van der Waals surface area contributed by atoms with Gasteiger partial charge in [-0.15, -0.1) is 5.10 Å². The van der Waals surface area contributed by atoms with Crippen molar-refractivity contribution in [1.82, 2.24) is 15.0 Å². The van der Waals surface area contributed by atoms with Crippen molar-refractivity contribution >= 4 is 28.6 Å². The molecule has 1 unspecified atom stereocenters. The fourth-order valence-electron chi connectivity index (χ4n) is 2.43. The lowest BCUT2D eigenvalue weighted by molar-refractivity contribution is -0.144. The van der Waals surface area contributed by atoms with Crippen molar-refractivity contribution in [2.24, 2.45) is 0 Å². The third-order valence-electron chi connectivity index (χ3n) is 3.84. The van der Waals surface area contributed by atoms with Gasteiger partial charge in [-0.25, -0.2) is 9.48 Å². The summed E-state index contributed by atoms with van der Waals surface area (Å²) in [5.74, 6) is -0.0973. The monoisotopic (exact) mass is 399 g/mol. The molecule has 0 saturated heterocycles. The molecule has 0 spiro atoms. The maximum absolute atomic E-state index is 12.7. The highest BCUT2D eigenvalue weighted by Gasteiger charge is 2.31. The Morgan fingerprint density at radius 2 is 1.96 bits per heavy atom. The molecule has 3 aromatic rings. The smallest absolute Gasteiger partial charge is 0.416 e. The number of halogens is 4. The van der Waals surface area contributed by atoms with Crippen LogP contribution in [0.4, 0.5) is 13.2 Å². The number of ether oxygens (including phenoxy) is 2. The van der Waals surface area contributed by atoms with E-state index in [1.807, 2.05) is 0 Å². The molecular weight excluding hydrogens is 387 g/mol. The number of aromatic nitrogens is 3. The van der Waals surface area contributed by atoms with Crippen molar-refractivity contribution in [3.8, 4) is 11.5 Å². The topological polar surface area (TPSA) is 66.2 Å². The Kier molecular flexibility index (Phi) is 4.97. The summed E-state index contributed by atoms with van der Waals surface area (Å²) in [7, 11) is 1.28. The fraction of sp³-hybridized carbons (Fsp3) is 0.235. The molecule has 0 saturated carbocycles. The van der Waals surface area contributed by atoms with Crippen LogP contribution in [0.3, 0.4) is 0 Å². The molecule has 2 aromatic carbocycles. The summed E-state index contributed by atoms with van der Waals surface area (Å²) in [6.45, 7) is 1.62. The minimum absolute atomic E-state index is 0.0688. The first-order valence-electron chi connectivity index (χ1n) is 7.68. The van der Waals surface area contributed by atoms with Gasteiger partial charge in [0.1, 0.15) is 23.1 Å². The quantitative estimate of drug-likeness (QED) is 0.598. The Labute approximate surface area is 156 Å². The van der Waals surface area contributed by atoms with Crippen LogP contribution in [-0.4, -0.2) is 28.1 Å². The Balaban J connectivity index is 1.88. The first kappa shape index (κ1) is 19.0. The van der Waals surface area contributed by atoms with E-state index in [1.165, 1.54) is 17.9 Å². The number of fused-ring (bicyclic) bond motifs is 1. The highest BCUT2D eigenvalue weighted by Crippen LogP contribution is 2.36. The van der Waals surface area contributed by atoms with Crippen LogP contribution in [0, 0.1) is 0 Å². The minimum atomic E-state index is -4.49. The number of methoxy groups -OCH3 is 1. The van der Waals surface area contributed by atoms with E-state index in [4.69, 9.17) is 16.3 Å². The van der Waals surface area contributed by atoms with E-state index in [1.54, 1.807) is 19.1 Å². The summed E-state index contributed by atoms with van der Waals surface area (Å²) in [4.78, 5) is 11.7. The number of carbonyl (C=O) groups is 1. The lowest BCUT2D eigenvalue weighted by Gasteiger charge is -2.12. The first-order valence-corrected chi connectivity index (χ1v) is 8.06. The predicted molar refractivity (Wildman–Crippen MR) is 90.8 cm³/mol. The Bertz CT molecular complexity index is 1000. The van der Waals surface area contributed by atoms with E-state index in [-0.39, 0.29) is 10.8 Å². The zero-order chi connectivity index (χ0) is 19.8. The summed E-state index contributed by atoms with van der Waals surface area (Å²) < 4.78 is 49.7. The van der Waals surface area contributed by atoms with E-state index < -0.39 is 23.8 Å². The fourth-order valence-corrected chi connectivity index (χ4v) is 2.65. The normalized spacial score (nSPS) is 12.8. The minimum Gasteiger partial charge on any atom is -0.467 e. The van der Waals surface area contributed by atoms with Crippen LogP contribution < -0.4 is 4.74 Å². The largest absolute Gasteiger partial charge is 0.467 e. The van der Waals surface area contributed by atoms with Crippen LogP contribution in [0.1, 0.15) is 18.5 Å². The van der Waals surface area contributed by atoms with Crippen LogP contribution in [0.5, 0.6) is 11.5 Å². The first-order chi connectivity index (χ1) is 12.7. The Morgan fingerprint density at radius 1 is 1.22 bits per heavy atom. The number of alkyl halides is 3. The average Bonchev–Trinajstić information content (AvgIpc) is 3.04. The summed E-state index contributed by atoms with van der Waals surface area (Å²) in [5, 5.41) is 7.73. The van der Waals surface area contributed by atoms with Crippen molar-refractivity contribution in [2.75, 3.05) is 7.11 Å². The van der Waals surface area contributed by atoms with Gasteiger partial charge in [0.25, 0.3) is 0 Å². The third kappa shape index (κ3) is 3.82. The standard InChI is InChI=1S/C17H13ClF3N3O3/c1-9(16(25)26-2)24-14-5-4-11(8-13(14)22-23-24)27-15-6-3-10(7-12(15)18)17(19,20)21/h3-9H,1-2H3. The molecule has 0 aliphatic rings. The Morgan fingerprint density at radius 3 is 2.59 bits per heavy atom. The second kappa shape index (κ2) is 7.07. The van der Waals surface area contributed by atoms with Crippen molar-refractivity contribution in [2.45, 2.75) is 19.1 Å². The van der Waals surface area contributed by atoms with Crippen LogP contribution in [0.2, 0.25) is 5.02 Å². The number of esters is 1. The van der Waals surface area contributed by atoms with Crippen molar-refractivity contribution in [1.29, 1.82) is 0 Å². The van der Waals surface area contributed by atoms with Crippen molar-refractivity contribution in [3.05, 3.63) is 47.0 Å². The molecule has 0 fully saturated rings. The molecule has 0 aliphatic carbocycles. The Hall–Kier alpha value is -2.81. The maximum Gasteiger partial charge on any atom is 0.416 e. The van der Waals surface area contributed by atoms with Crippen LogP contribution in [0.25, 0.3) is 11.0 Å². The number of hydrogen-bond donors (Lipinski definition) is 0. The third-order valence-corrected chi connectivity index (χ3v) is 4.13. The number of carbonyl (C=O) groups excluding carboxylic acids is 1. The van der Waals surface area contributed by atoms with Crippen LogP contribution in [0.15, 0.2) is 36.4 Å². The van der Waals surface area contributed by atoms with Gasteiger partial charge < -0.3 is 9.47 Å². The SMILES string of the molecule is COC(=O)C(C)n1nnc2cc(Oc3ccc(C(F)(F)F)cc3Cl)ccc21. The highest BCUT2D eigenvalue weighted by atomic mass is 35.5. The number of hydrogen-bond acceptors (Lipinski definition) is 5. The lowest BCUT2D eigenvalue weighted by atomic mass is 10.2. The average molecular weight is 400 g/mol.